The van der Waals surface area contributed by atoms with E-state index >= 15 is 0 Å². The van der Waals surface area contributed by atoms with Crippen molar-refractivity contribution < 1.29 is 4.79 Å². The second kappa shape index (κ2) is 7.46. The van der Waals surface area contributed by atoms with E-state index in [1.807, 2.05) is 0 Å². The molecule has 0 aromatic carbocycles. The van der Waals surface area contributed by atoms with Gasteiger partial charge < -0.3 is 5.32 Å². The molecule has 5 heteroatoms. The Labute approximate surface area is 142 Å². The lowest BCUT2D eigenvalue weighted by Crippen LogP contribution is -2.37. The van der Waals surface area contributed by atoms with Crippen LogP contribution in [-0.4, -0.2) is 30.4 Å². The molecular weight excluding hydrogens is 306 g/mol. The molecule has 0 atom stereocenters. The first-order chi connectivity index (χ1) is 11.2. The summed E-state index contributed by atoms with van der Waals surface area (Å²) < 4.78 is 0. The number of anilines is 1. The van der Waals surface area contributed by atoms with Gasteiger partial charge >= 0.3 is 0 Å². The molecule has 1 amide bonds. The van der Waals surface area contributed by atoms with Crippen LogP contribution in [0.4, 0.5) is 5.00 Å². The second-order valence-corrected chi connectivity index (χ2v) is 7.89. The van der Waals surface area contributed by atoms with Crippen molar-refractivity contribution in [1.29, 1.82) is 5.26 Å². The lowest BCUT2D eigenvalue weighted by atomic mass is 10.1. The van der Waals surface area contributed by atoms with Crippen LogP contribution in [0.5, 0.6) is 0 Å². The van der Waals surface area contributed by atoms with E-state index in [2.05, 4.69) is 23.3 Å². The first kappa shape index (κ1) is 16.5. The van der Waals surface area contributed by atoms with Gasteiger partial charge in [0, 0.05) is 10.9 Å². The highest BCUT2D eigenvalue weighted by molar-refractivity contribution is 7.16. The van der Waals surface area contributed by atoms with Crippen molar-refractivity contribution in [2.45, 2.75) is 63.8 Å². The van der Waals surface area contributed by atoms with Crippen molar-refractivity contribution in [3.05, 3.63) is 16.0 Å². The van der Waals surface area contributed by atoms with E-state index in [-0.39, 0.29) is 5.91 Å². The number of nitrogens with zero attached hydrogens (tertiary/aromatic N) is 2. The molecule has 0 radical (unpaired) electrons. The average molecular weight is 331 g/mol. The number of hydrogen-bond donors (Lipinski definition) is 1. The summed E-state index contributed by atoms with van der Waals surface area (Å²) in [6.45, 7) is 0.415. The van der Waals surface area contributed by atoms with Crippen molar-refractivity contribution in [1.82, 2.24) is 4.90 Å². The Hall–Kier alpha value is -1.38. The van der Waals surface area contributed by atoms with Gasteiger partial charge in [0.05, 0.1) is 12.1 Å². The van der Waals surface area contributed by atoms with E-state index in [9.17, 15) is 10.1 Å². The number of carbonyl (C=O) groups is 1. The van der Waals surface area contributed by atoms with Crippen LogP contribution in [0, 0.1) is 11.3 Å². The SMILES string of the molecule is CN(CC(=O)Nc1sc2c(c1C#N)CCC2)C1CCCCCC1. The molecule has 1 aromatic heterocycles. The highest BCUT2D eigenvalue weighted by Crippen LogP contribution is 2.38. The number of hydrogen-bond acceptors (Lipinski definition) is 4. The molecule has 1 aromatic rings. The minimum absolute atomic E-state index is 0.00757. The van der Waals surface area contributed by atoms with Crippen LogP contribution in [0.1, 0.15) is 60.9 Å². The van der Waals surface area contributed by atoms with E-state index in [4.69, 9.17) is 0 Å². The predicted molar refractivity (Wildman–Crippen MR) is 93.8 cm³/mol. The molecule has 0 saturated heterocycles. The number of aryl methyl sites for hydroxylation is 1. The maximum atomic E-state index is 12.4. The summed E-state index contributed by atoms with van der Waals surface area (Å²) in [6, 6.07) is 2.81. The van der Waals surface area contributed by atoms with Crippen LogP contribution in [0.2, 0.25) is 0 Å². The standard InChI is InChI=1S/C18H25N3OS/c1-21(13-7-4-2-3-5-8-13)12-17(22)20-18-15(11-19)14-9-6-10-16(14)23-18/h13H,2-10,12H2,1H3,(H,20,22). The molecule has 2 aliphatic carbocycles. The fourth-order valence-corrected chi connectivity index (χ4v) is 5.09. The number of nitrogens with one attached hydrogen (secondary N) is 1. The minimum Gasteiger partial charge on any atom is -0.315 e. The van der Waals surface area contributed by atoms with Gasteiger partial charge in [0.15, 0.2) is 0 Å². The predicted octanol–water partition coefficient (Wildman–Crippen LogP) is 3.70. The monoisotopic (exact) mass is 331 g/mol. The lowest BCUT2D eigenvalue weighted by Gasteiger charge is -2.26. The number of nitriles is 1. The van der Waals surface area contributed by atoms with Crippen LogP contribution in [0.3, 0.4) is 0 Å². The normalized spacial score (nSPS) is 18.5. The highest BCUT2D eigenvalue weighted by atomic mass is 32.1. The molecule has 1 fully saturated rings. The molecular formula is C18H25N3OS. The van der Waals surface area contributed by atoms with Crippen molar-refractivity contribution in [3.63, 3.8) is 0 Å². The van der Waals surface area contributed by atoms with Crippen molar-refractivity contribution in [2.24, 2.45) is 0 Å². The number of thiophene rings is 1. The summed E-state index contributed by atoms with van der Waals surface area (Å²) in [6.07, 6.45) is 10.7. The molecule has 0 bridgehead atoms. The summed E-state index contributed by atoms with van der Waals surface area (Å²) in [5.74, 6) is 0.00757. The van der Waals surface area contributed by atoms with Crippen LogP contribution >= 0.6 is 11.3 Å². The Morgan fingerprint density at radius 2 is 2.00 bits per heavy atom. The van der Waals surface area contributed by atoms with Crippen molar-refractivity contribution in [3.8, 4) is 6.07 Å². The first-order valence-electron chi connectivity index (χ1n) is 8.73. The van der Waals surface area contributed by atoms with Gasteiger partial charge in [0.1, 0.15) is 11.1 Å². The van der Waals surface area contributed by atoms with Crippen LogP contribution < -0.4 is 5.32 Å². The maximum Gasteiger partial charge on any atom is 0.239 e. The van der Waals surface area contributed by atoms with Gasteiger partial charge in [-0.05, 0) is 44.7 Å². The third-order valence-corrected chi connectivity index (χ3v) is 6.33. The Morgan fingerprint density at radius 3 is 2.70 bits per heavy atom. The molecule has 0 unspecified atom stereocenters. The lowest BCUT2D eigenvalue weighted by molar-refractivity contribution is -0.117. The van der Waals surface area contributed by atoms with Crippen molar-refractivity contribution >= 4 is 22.2 Å². The van der Waals surface area contributed by atoms with Crippen LogP contribution in [0.25, 0.3) is 0 Å². The van der Waals surface area contributed by atoms with E-state index in [0.717, 1.165) is 24.3 Å². The van der Waals surface area contributed by atoms with Crippen LogP contribution in [-0.2, 0) is 17.6 Å². The summed E-state index contributed by atoms with van der Waals surface area (Å²) in [7, 11) is 2.05. The summed E-state index contributed by atoms with van der Waals surface area (Å²) in [4.78, 5) is 15.9. The number of fused-ring (bicyclic) bond motifs is 1. The van der Waals surface area contributed by atoms with Gasteiger partial charge in [-0.3, -0.25) is 9.69 Å². The Kier molecular flexibility index (Phi) is 5.34. The van der Waals surface area contributed by atoms with Gasteiger partial charge in [-0.2, -0.15) is 5.26 Å². The topological polar surface area (TPSA) is 56.1 Å². The highest BCUT2D eigenvalue weighted by Gasteiger charge is 2.24. The van der Waals surface area contributed by atoms with Crippen LogP contribution in [0.15, 0.2) is 0 Å². The number of likely N-dealkylation sites (N-methyl/N-ethyl adjacent to an activating group) is 1. The molecule has 0 aliphatic heterocycles. The Balaban J connectivity index is 1.60. The van der Waals surface area contributed by atoms with Gasteiger partial charge in [-0.25, -0.2) is 0 Å². The second-order valence-electron chi connectivity index (χ2n) is 6.78. The Morgan fingerprint density at radius 1 is 1.26 bits per heavy atom. The molecule has 1 saturated carbocycles. The van der Waals surface area contributed by atoms with Gasteiger partial charge in [0.2, 0.25) is 5.91 Å². The zero-order valence-electron chi connectivity index (χ0n) is 13.9. The fraction of sp³-hybridized carbons (Fsp3) is 0.667. The van der Waals surface area contributed by atoms with Gasteiger partial charge in [-0.15, -0.1) is 11.3 Å². The van der Waals surface area contributed by atoms with Gasteiger partial charge in [0.25, 0.3) is 0 Å². The molecule has 0 spiro atoms. The molecule has 3 rings (SSSR count). The summed E-state index contributed by atoms with van der Waals surface area (Å²) >= 11 is 1.59. The van der Waals surface area contributed by atoms with E-state index in [1.165, 1.54) is 49.0 Å². The number of rotatable bonds is 4. The minimum atomic E-state index is 0.00757. The zero-order chi connectivity index (χ0) is 16.2. The molecule has 23 heavy (non-hydrogen) atoms. The fourth-order valence-electron chi connectivity index (χ4n) is 3.83. The molecule has 1 N–H and O–H groups in total. The van der Waals surface area contributed by atoms with E-state index in [0.29, 0.717) is 18.2 Å². The van der Waals surface area contributed by atoms with Crippen molar-refractivity contribution in [2.75, 3.05) is 18.9 Å². The van der Waals surface area contributed by atoms with Gasteiger partial charge in [-0.1, -0.05) is 25.7 Å². The smallest absolute Gasteiger partial charge is 0.239 e. The maximum absolute atomic E-state index is 12.4. The Bertz CT molecular complexity index is 609. The van der Waals surface area contributed by atoms with E-state index in [1.54, 1.807) is 11.3 Å². The first-order valence-corrected chi connectivity index (χ1v) is 9.55. The molecule has 124 valence electrons. The number of amides is 1. The zero-order valence-corrected chi connectivity index (χ0v) is 14.7. The average Bonchev–Trinajstić information content (AvgIpc) is 2.96. The molecule has 1 heterocycles. The van der Waals surface area contributed by atoms with E-state index < -0.39 is 0 Å². The third-order valence-electron chi connectivity index (χ3n) is 5.13. The summed E-state index contributed by atoms with van der Waals surface area (Å²) in [5.41, 5.74) is 1.87. The summed E-state index contributed by atoms with van der Waals surface area (Å²) in [5, 5.41) is 13.1. The third kappa shape index (κ3) is 3.76. The molecule has 4 nitrogen and oxygen atoms in total. The quantitative estimate of drug-likeness (QED) is 0.856. The largest absolute Gasteiger partial charge is 0.315 e. The molecule has 2 aliphatic rings. The number of carbonyl (C=O) groups excluding carboxylic acids is 1.